The molecule has 0 unspecified atom stereocenters. The lowest BCUT2D eigenvalue weighted by molar-refractivity contribution is -0.384. The van der Waals surface area contributed by atoms with Gasteiger partial charge < -0.3 is 4.98 Å². The van der Waals surface area contributed by atoms with Gasteiger partial charge in [0.1, 0.15) is 16.9 Å². The largest absolute Gasteiger partial charge is 0.349 e. The number of rotatable bonds is 3. The quantitative estimate of drug-likeness (QED) is 0.332. The van der Waals surface area contributed by atoms with Gasteiger partial charge in [0.05, 0.1) is 11.1 Å². The van der Waals surface area contributed by atoms with Crippen molar-refractivity contribution in [2.24, 2.45) is 5.10 Å². The van der Waals surface area contributed by atoms with E-state index >= 15 is 0 Å². The Morgan fingerprint density at radius 1 is 1.26 bits per heavy atom. The fourth-order valence-corrected chi connectivity index (χ4v) is 3.00. The third-order valence-corrected chi connectivity index (χ3v) is 4.38. The Morgan fingerprint density at radius 3 is 2.70 bits per heavy atom. The first-order chi connectivity index (χ1) is 12.9. The van der Waals surface area contributed by atoms with Crippen LogP contribution in [0.2, 0.25) is 5.02 Å². The van der Waals surface area contributed by atoms with Gasteiger partial charge in [0.15, 0.2) is 0 Å². The molecule has 0 aliphatic heterocycles. The molecule has 0 aliphatic rings. The van der Waals surface area contributed by atoms with Crippen molar-refractivity contribution < 1.29 is 4.92 Å². The van der Waals surface area contributed by atoms with Crippen molar-refractivity contribution in [3.8, 4) is 0 Å². The van der Waals surface area contributed by atoms with Gasteiger partial charge >= 0.3 is 0 Å². The van der Waals surface area contributed by atoms with Crippen LogP contribution in [0.3, 0.4) is 0 Å². The number of benzene rings is 2. The van der Waals surface area contributed by atoms with E-state index in [2.05, 4.69) is 15.1 Å². The minimum Gasteiger partial charge on any atom is -0.349 e. The third-order valence-electron chi connectivity index (χ3n) is 4.15. The van der Waals surface area contributed by atoms with Crippen LogP contribution in [0.1, 0.15) is 11.4 Å². The van der Waals surface area contributed by atoms with Gasteiger partial charge in [-0.1, -0.05) is 11.6 Å². The lowest BCUT2D eigenvalue weighted by Crippen LogP contribution is -2.20. The molecule has 27 heavy (non-hydrogen) atoms. The van der Waals surface area contributed by atoms with E-state index in [-0.39, 0.29) is 11.2 Å². The maximum atomic E-state index is 12.8. The van der Waals surface area contributed by atoms with E-state index in [9.17, 15) is 14.9 Å². The Bertz CT molecular complexity index is 1290. The van der Waals surface area contributed by atoms with Gasteiger partial charge in [-0.2, -0.15) is 9.78 Å². The summed E-state index contributed by atoms with van der Waals surface area (Å²) >= 11 is 6.04. The second-order valence-electron chi connectivity index (χ2n) is 5.91. The molecule has 4 aromatic rings. The molecule has 9 heteroatoms. The van der Waals surface area contributed by atoms with Gasteiger partial charge in [0, 0.05) is 28.1 Å². The molecule has 0 saturated carbocycles. The van der Waals surface area contributed by atoms with E-state index in [0.717, 1.165) is 10.9 Å². The van der Waals surface area contributed by atoms with Crippen LogP contribution >= 0.6 is 11.6 Å². The normalized spacial score (nSPS) is 11.6. The highest BCUT2D eigenvalue weighted by molar-refractivity contribution is 6.31. The monoisotopic (exact) mass is 381 g/mol. The predicted molar refractivity (Wildman–Crippen MR) is 104 cm³/mol. The van der Waals surface area contributed by atoms with Crippen LogP contribution in [0, 0.1) is 17.0 Å². The van der Waals surface area contributed by atoms with Gasteiger partial charge in [-0.3, -0.25) is 14.9 Å². The smallest absolute Gasteiger partial charge is 0.298 e. The lowest BCUT2D eigenvalue weighted by Gasteiger charge is -2.03. The van der Waals surface area contributed by atoms with Crippen molar-refractivity contribution in [2.75, 3.05) is 0 Å². The zero-order valence-corrected chi connectivity index (χ0v) is 14.8. The third kappa shape index (κ3) is 2.96. The lowest BCUT2D eigenvalue weighted by atomic mass is 10.2. The van der Waals surface area contributed by atoms with Gasteiger partial charge in [-0.25, -0.2) is 4.98 Å². The topological polar surface area (TPSA) is 106 Å². The van der Waals surface area contributed by atoms with Crippen molar-refractivity contribution in [1.29, 1.82) is 0 Å². The van der Waals surface area contributed by atoms with Crippen LogP contribution in [0.15, 0.2) is 52.4 Å². The van der Waals surface area contributed by atoms with E-state index in [1.807, 2.05) is 0 Å². The van der Waals surface area contributed by atoms with E-state index < -0.39 is 4.92 Å². The summed E-state index contributed by atoms with van der Waals surface area (Å²) in [5.74, 6) is 0.409. The first-order valence-corrected chi connectivity index (χ1v) is 8.31. The Hall–Kier alpha value is -3.52. The fourth-order valence-electron chi connectivity index (χ4n) is 2.83. The Morgan fingerprint density at radius 2 is 2.00 bits per heavy atom. The molecule has 134 valence electrons. The molecule has 0 saturated heterocycles. The average molecular weight is 382 g/mol. The van der Waals surface area contributed by atoms with Crippen LogP contribution < -0.4 is 5.56 Å². The number of nitrogens with zero attached hydrogens (tertiary/aromatic N) is 4. The van der Waals surface area contributed by atoms with Crippen molar-refractivity contribution >= 4 is 45.4 Å². The minimum atomic E-state index is -0.477. The zero-order chi connectivity index (χ0) is 19.1. The number of nitrogens with one attached hydrogen (secondary N) is 1. The van der Waals surface area contributed by atoms with E-state index in [1.165, 1.54) is 23.0 Å². The van der Waals surface area contributed by atoms with E-state index in [1.54, 1.807) is 37.3 Å². The number of hydrogen-bond acceptors (Lipinski definition) is 5. The Kier molecular flexibility index (Phi) is 3.97. The highest BCUT2D eigenvalue weighted by Crippen LogP contribution is 2.25. The molecule has 0 atom stereocenters. The number of halogens is 1. The van der Waals surface area contributed by atoms with Crippen LogP contribution in [-0.2, 0) is 0 Å². The molecule has 4 rings (SSSR count). The summed E-state index contributed by atoms with van der Waals surface area (Å²) < 4.78 is 1.18. The molecule has 1 N–H and O–H groups in total. The summed E-state index contributed by atoms with van der Waals surface area (Å²) in [5, 5.41) is 16.2. The number of hydrogen-bond donors (Lipinski definition) is 1. The van der Waals surface area contributed by atoms with Crippen molar-refractivity contribution in [1.82, 2.24) is 14.6 Å². The predicted octanol–water partition coefficient (Wildman–Crippen LogP) is 3.63. The highest BCUT2D eigenvalue weighted by atomic mass is 35.5. The second kappa shape index (κ2) is 6.33. The molecule has 2 heterocycles. The van der Waals surface area contributed by atoms with Gasteiger partial charge in [0.2, 0.25) is 0 Å². The molecule has 0 amide bonds. The van der Waals surface area contributed by atoms with Crippen LogP contribution in [-0.4, -0.2) is 25.8 Å². The molecular formula is C18H12ClN5O3. The summed E-state index contributed by atoms with van der Waals surface area (Å²) in [6.45, 7) is 1.68. The first kappa shape index (κ1) is 16.9. The number of nitro groups is 1. The first-order valence-electron chi connectivity index (χ1n) is 7.93. The van der Waals surface area contributed by atoms with Gasteiger partial charge in [0.25, 0.3) is 11.2 Å². The number of nitro benzene ring substituents is 1. The molecule has 0 radical (unpaired) electrons. The van der Waals surface area contributed by atoms with Gasteiger partial charge in [-0.15, -0.1) is 0 Å². The molecule has 0 bridgehead atoms. The number of fused-ring (bicyclic) bond motifs is 3. The van der Waals surface area contributed by atoms with Crippen molar-refractivity contribution in [2.45, 2.75) is 6.92 Å². The maximum Gasteiger partial charge on any atom is 0.298 e. The van der Waals surface area contributed by atoms with Crippen LogP contribution in [0.5, 0.6) is 0 Å². The molecule has 2 aromatic heterocycles. The van der Waals surface area contributed by atoms with Crippen molar-refractivity contribution in [3.63, 3.8) is 0 Å². The van der Waals surface area contributed by atoms with Gasteiger partial charge in [-0.05, 0) is 42.8 Å². The molecule has 2 aromatic carbocycles. The number of non-ortho nitro benzene ring substituents is 1. The number of aromatic amines is 1. The summed E-state index contributed by atoms with van der Waals surface area (Å²) in [6, 6.07) is 11.1. The second-order valence-corrected chi connectivity index (χ2v) is 6.34. The molecule has 0 aliphatic carbocycles. The standard InChI is InChI=1S/C18H12ClN5O3/c1-10-21-16-14-8-12(19)4-7-15(14)22-17(16)18(25)23(10)20-9-11-2-5-13(6-3-11)24(26)27/h2-9,22H,1H3. The highest BCUT2D eigenvalue weighted by Gasteiger charge is 2.13. The summed E-state index contributed by atoms with van der Waals surface area (Å²) in [4.78, 5) is 30.6. The summed E-state index contributed by atoms with van der Waals surface area (Å²) in [7, 11) is 0. The van der Waals surface area contributed by atoms with Crippen LogP contribution in [0.4, 0.5) is 5.69 Å². The number of aromatic nitrogens is 3. The van der Waals surface area contributed by atoms with E-state index in [4.69, 9.17) is 11.6 Å². The summed E-state index contributed by atoms with van der Waals surface area (Å²) in [6.07, 6.45) is 1.45. The summed E-state index contributed by atoms with van der Waals surface area (Å²) in [5.41, 5.74) is 1.89. The zero-order valence-electron chi connectivity index (χ0n) is 14.0. The van der Waals surface area contributed by atoms with Crippen LogP contribution in [0.25, 0.3) is 21.9 Å². The Labute approximate surface area is 156 Å². The molecular weight excluding hydrogens is 370 g/mol. The molecule has 0 fully saturated rings. The van der Waals surface area contributed by atoms with E-state index in [0.29, 0.717) is 27.4 Å². The SMILES string of the molecule is Cc1nc2c([nH]c3ccc(Cl)cc32)c(=O)n1N=Cc1ccc([N+](=O)[O-])cc1. The molecule has 8 nitrogen and oxygen atoms in total. The number of aryl methyl sites for hydroxylation is 1. The average Bonchev–Trinajstić information content (AvgIpc) is 3.00. The fraction of sp³-hybridized carbons (Fsp3) is 0.0556. The van der Waals surface area contributed by atoms with Crippen molar-refractivity contribution in [3.05, 3.63) is 79.3 Å². The molecule has 0 spiro atoms. The maximum absolute atomic E-state index is 12.8. The minimum absolute atomic E-state index is 0.0136. The Balaban J connectivity index is 1.81. The number of H-pyrrole nitrogens is 1.